The van der Waals surface area contributed by atoms with Gasteiger partial charge < -0.3 is 15.4 Å². The third kappa shape index (κ3) is 2.96. The van der Waals surface area contributed by atoms with Crippen LogP contribution in [0.1, 0.15) is 31.4 Å². The van der Waals surface area contributed by atoms with Gasteiger partial charge in [-0.05, 0) is 25.8 Å². The first-order valence-electron chi connectivity index (χ1n) is 6.21. The van der Waals surface area contributed by atoms with Gasteiger partial charge in [0.25, 0.3) is 0 Å². The Balaban J connectivity index is 2.09. The minimum Gasteiger partial charge on any atom is -0.376 e. The fraction of sp³-hybridized carbons (Fsp3) is 0.615. The van der Waals surface area contributed by atoms with Gasteiger partial charge in [0.2, 0.25) is 0 Å². The minimum absolute atomic E-state index is 0.00523. The molecule has 0 amide bonds. The lowest BCUT2D eigenvalue weighted by molar-refractivity contribution is 0.116. The molecule has 0 aromatic carbocycles. The van der Waals surface area contributed by atoms with Gasteiger partial charge in [-0.3, -0.25) is 0 Å². The lowest BCUT2D eigenvalue weighted by atomic mass is 10.1. The standard InChI is InChI=1S/C13H21N3O/c1-10(14)12-6-3-7-15-13(12)16(2)9-11-5-4-8-17-11/h3,6-7,10-11H,4-5,8-9,14H2,1-2H3. The summed E-state index contributed by atoms with van der Waals surface area (Å²) in [6, 6.07) is 3.98. The number of anilines is 1. The zero-order chi connectivity index (χ0) is 12.3. The van der Waals surface area contributed by atoms with Crippen LogP contribution in [-0.4, -0.2) is 31.3 Å². The second kappa shape index (κ2) is 5.47. The van der Waals surface area contributed by atoms with Crippen molar-refractivity contribution in [1.29, 1.82) is 0 Å². The molecule has 1 saturated heterocycles. The number of rotatable bonds is 4. The fourth-order valence-corrected chi connectivity index (χ4v) is 2.26. The lowest BCUT2D eigenvalue weighted by Gasteiger charge is -2.24. The maximum absolute atomic E-state index is 5.96. The van der Waals surface area contributed by atoms with Crippen LogP contribution in [0.3, 0.4) is 0 Å². The number of pyridine rings is 1. The normalized spacial score (nSPS) is 21.5. The molecule has 2 heterocycles. The van der Waals surface area contributed by atoms with Crippen molar-refractivity contribution in [2.45, 2.75) is 31.9 Å². The SMILES string of the molecule is CC(N)c1cccnc1N(C)CC1CCCO1. The molecule has 94 valence electrons. The Labute approximate surface area is 103 Å². The van der Waals surface area contributed by atoms with Crippen LogP contribution in [0.2, 0.25) is 0 Å². The van der Waals surface area contributed by atoms with Crippen molar-refractivity contribution in [3.63, 3.8) is 0 Å². The summed E-state index contributed by atoms with van der Waals surface area (Å²) >= 11 is 0. The van der Waals surface area contributed by atoms with E-state index in [4.69, 9.17) is 10.5 Å². The topological polar surface area (TPSA) is 51.4 Å². The Morgan fingerprint density at radius 3 is 3.12 bits per heavy atom. The first kappa shape index (κ1) is 12.3. The number of hydrogen-bond acceptors (Lipinski definition) is 4. The third-order valence-electron chi connectivity index (χ3n) is 3.17. The second-order valence-corrected chi connectivity index (χ2v) is 4.72. The first-order valence-corrected chi connectivity index (χ1v) is 6.21. The Hall–Kier alpha value is -1.13. The van der Waals surface area contributed by atoms with Crippen LogP contribution in [0.15, 0.2) is 18.3 Å². The minimum atomic E-state index is 0.00523. The van der Waals surface area contributed by atoms with E-state index in [1.54, 1.807) is 0 Å². The molecule has 2 atom stereocenters. The van der Waals surface area contributed by atoms with Gasteiger partial charge in [-0.15, -0.1) is 0 Å². The summed E-state index contributed by atoms with van der Waals surface area (Å²) in [6.07, 6.45) is 4.46. The van der Waals surface area contributed by atoms with Crippen LogP contribution in [0.4, 0.5) is 5.82 Å². The quantitative estimate of drug-likeness (QED) is 0.863. The smallest absolute Gasteiger partial charge is 0.133 e. The molecule has 17 heavy (non-hydrogen) atoms. The monoisotopic (exact) mass is 235 g/mol. The van der Waals surface area contributed by atoms with Crippen molar-refractivity contribution in [2.75, 3.05) is 25.1 Å². The van der Waals surface area contributed by atoms with E-state index in [0.717, 1.165) is 31.0 Å². The molecule has 2 unspecified atom stereocenters. The van der Waals surface area contributed by atoms with Crippen LogP contribution in [0, 0.1) is 0 Å². The van der Waals surface area contributed by atoms with E-state index in [9.17, 15) is 0 Å². The van der Waals surface area contributed by atoms with E-state index in [1.165, 1.54) is 6.42 Å². The molecule has 1 aromatic heterocycles. The van der Waals surface area contributed by atoms with Crippen molar-refractivity contribution >= 4 is 5.82 Å². The number of aromatic nitrogens is 1. The van der Waals surface area contributed by atoms with Gasteiger partial charge in [0.05, 0.1) is 6.10 Å². The van der Waals surface area contributed by atoms with Crippen molar-refractivity contribution in [3.8, 4) is 0 Å². The molecule has 0 bridgehead atoms. The van der Waals surface area contributed by atoms with Crippen LogP contribution >= 0.6 is 0 Å². The molecular weight excluding hydrogens is 214 g/mol. The molecule has 0 radical (unpaired) electrons. The van der Waals surface area contributed by atoms with Crippen molar-refractivity contribution in [2.24, 2.45) is 5.73 Å². The summed E-state index contributed by atoms with van der Waals surface area (Å²) in [5.74, 6) is 0.970. The summed E-state index contributed by atoms with van der Waals surface area (Å²) in [4.78, 5) is 6.58. The average Bonchev–Trinajstić information content (AvgIpc) is 2.81. The average molecular weight is 235 g/mol. The van der Waals surface area contributed by atoms with E-state index < -0.39 is 0 Å². The summed E-state index contributed by atoms with van der Waals surface area (Å²) in [6.45, 7) is 3.76. The van der Waals surface area contributed by atoms with Gasteiger partial charge in [0.15, 0.2) is 0 Å². The molecule has 4 nitrogen and oxygen atoms in total. The van der Waals surface area contributed by atoms with Crippen molar-refractivity contribution in [1.82, 2.24) is 4.98 Å². The molecule has 1 aromatic rings. The summed E-state index contributed by atoms with van der Waals surface area (Å²) < 4.78 is 5.64. The molecule has 0 spiro atoms. The predicted molar refractivity (Wildman–Crippen MR) is 69.1 cm³/mol. The highest BCUT2D eigenvalue weighted by Crippen LogP contribution is 2.23. The van der Waals surface area contributed by atoms with Gasteiger partial charge in [0.1, 0.15) is 5.82 Å². The van der Waals surface area contributed by atoms with E-state index in [0.29, 0.717) is 6.10 Å². The number of hydrogen-bond donors (Lipinski definition) is 1. The maximum atomic E-state index is 5.96. The highest BCUT2D eigenvalue weighted by atomic mass is 16.5. The summed E-state index contributed by atoms with van der Waals surface area (Å²) in [5.41, 5.74) is 7.05. The van der Waals surface area contributed by atoms with Gasteiger partial charge in [0, 0.05) is 38.0 Å². The highest BCUT2D eigenvalue weighted by molar-refractivity contribution is 5.47. The van der Waals surface area contributed by atoms with E-state index >= 15 is 0 Å². The fourth-order valence-electron chi connectivity index (χ4n) is 2.26. The number of likely N-dealkylation sites (N-methyl/N-ethyl adjacent to an activating group) is 1. The Morgan fingerprint density at radius 1 is 1.65 bits per heavy atom. The molecule has 2 rings (SSSR count). The van der Waals surface area contributed by atoms with Gasteiger partial charge in [-0.2, -0.15) is 0 Å². The van der Waals surface area contributed by atoms with E-state index in [-0.39, 0.29) is 6.04 Å². The van der Waals surface area contributed by atoms with Crippen LogP contribution in [0.25, 0.3) is 0 Å². The van der Waals surface area contributed by atoms with Crippen LogP contribution < -0.4 is 10.6 Å². The zero-order valence-electron chi connectivity index (χ0n) is 10.6. The molecule has 1 aliphatic heterocycles. The molecular formula is C13H21N3O. The zero-order valence-corrected chi connectivity index (χ0v) is 10.6. The van der Waals surface area contributed by atoms with E-state index in [1.807, 2.05) is 25.3 Å². The molecule has 0 aliphatic carbocycles. The Bertz CT molecular complexity index is 361. The third-order valence-corrected chi connectivity index (χ3v) is 3.17. The number of nitrogens with two attached hydrogens (primary N) is 1. The largest absolute Gasteiger partial charge is 0.376 e. The molecule has 4 heteroatoms. The van der Waals surface area contributed by atoms with Gasteiger partial charge >= 0.3 is 0 Å². The van der Waals surface area contributed by atoms with Crippen molar-refractivity contribution in [3.05, 3.63) is 23.9 Å². The molecule has 2 N–H and O–H groups in total. The second-order valence-electron chi connectivity index (χ2n) is 4.72. The maximum Gasteiger partial charge on any atom is 0.133 e. The Morgan fingerprint density at radius 2 is 2.47 bits per heavy atom. The molecule has 1 fully saturated rings. The highest BCUT2D eigenvalue weighted by Gasteiger charge is 2.19. The lowest BCUT2D eigenvalue weighted by Crippen LogP contribution is -2.30. The van der Waals surface area contributed by atoms with Crippen molar-refractivity contribution < 1.29 is 4.74 Å². The van der Waals surface area contributed by atoms with E-state index in [2.05, 4.69) is 16.9 Å². The number of nitrogens with zero attached hydrogens (tertiary/aromatic N) is 2. The van der Waals surface area contributed by atoms with Gasteiger partial charge in [-0.25, -0.2) is 4.98 Å². The predicted octanol–water partition coefficient (Wildman–Crippen LogP) is 1.72. The molecule has 0 saturated carbocycles. The van der Waals surface area contributed by atoms with Crippen LogP contribution in [-0.2, 0) is 4.74 Å². The summed E-state index contributed by atoms with van der Waals surface area (Å²) in [5, 5.41) is 0. The first-order chi connectivity index (χ1) is 8.18. The molecule has 1 aliphatic rings. The van der Waals surface area contributed by atoms with Gasteiger partial charge in [-0.1, -0.05) is 6.07 Å². The summed E-state index contributed by atoms with van der Waals surface area (Å²) in [7, 11) is 2.05. The van der Waals surface area contributed by atoms with Crippen LogP contribution in [0.5, 0.6) is 0 Å². The Kier molecular flexibility index (Phi) is 3.97. The number of ether oxygens (including phenoxy) is 1.